The van der Waals surface area contributed by atoms with Crippen molar-refractivity contribution in [3.05, 3.63) is 95.3 Å². The Morgan fingerprint density at radius 3 is 2.50 bits per heavy atom. The second-order valence-electron chi connectivity index (χ2n) is 7.98. The number of rotatable bonds is 5. The van der Waals surface area contributed by atoms with Crippen LogP contribution in [0, 0.1) is 11.7 Å². The molecular weight excluding hydrogens is 377 g/mol. The van der Waals surface area contributed by atoms with E-state index >= 15 is 0 Å². The topological polar surface area (TPSA) is 36.5 Å². The fourth-order valence-electron chi connectivity index (χ4n) is 4.74. The molecule has 30 heavy (non-hydrogen) atoms. The van der Waals surface area contributed by atoms with E-state index in [1.54, 1.807) is 12.1 Å². The standard InChI is InChI=1S/C25H26FN3O/c1-2-30-20-11-8-18(9-12-20)24-22-16-29(15-17-6-4-3-5-7-17)23-13-10-19(26)14-21(23)25(22)28-27-24/h3-14,22,24-25,27-28H,2,15-16H2,1H3. The summed E-state index contributed by atoms with van der Waals surface area (Å²) in [5, 5.41) is 0. The Kier molecular flexibility index (Phi) is 5.15. The van der Waals surface area contributed by atoms with Gasteiger partial charge in [-0.1, -0.05) is 42.5 Å². The fourth-order valence-corrected chi connectivity index (χ4v) is 4.74. The van der Waals surface area contributed by atoms with Crippen LogP contribution in [0.1, 0.15) is 35.7 Å². The van der Waals surface area contributed by atoms with Crippen molar-refractivity contribution in [2.24, 2.45) is 5.92 Å². The number of benzene rings is 3. The minimum atomic E-state index is -0.194. The highest BCUT2D eigenvalue weighted by molar-refractivity contribution is 5.59. The molecule has 5 rings (SSSR count). The third kappa shape index (κ3) is 3.55. The van der Waals surface area contributed by atoms with Crippen molar-refractivity contribution in [3.8, 4) is 5.75 Å². The van der Waals surface area contributed by atoms with Crippen LogP contribution in [-0.4, -0.2) is 13.2 Å². The predicted octanol–water partition coefficient (Wildman–Crippen LogP) is 4.75. The van der Waals surface area contributed by atoms with Gasteiger partial charge >= 0.3 is 0 Å². The first-order valence-electron chi connectivity index (χ1n) is 10.5. The summed E-state index contributed by atoms with van der Waals surface area (Å²) in [5.74, 6) is 0.965. The maximum absolute atomic E-state index is 14.2. The van der Waals surface area contributed by atoms with Gasteiger partial charge in [0.15, 0.2) is 0 Å². The van der Waals surface area contributed by atoms with Gasteiger partial charge in [0.1, 0.15) is 11.6 Å². The van der Waals surface area contributed by atoms with E-state index in [2.05, 4.69) is 52.1 Å². The van der Waals surface area contributed by atoms with Crippen molar-refractivity contribution < 1.29 is 9.13 Å². The Hall–Kier alpha value is -2.89. The highest BCUT2D eigenvalue weighted by Crippen LogP contribution is 2.45. The highest BCUT2D eigenvalue weighted by atomic mass is 19.1. The number of nitrogens with one attached hydrogen (secondary N) is 2. The van der Waals surface area contributed by atoms with Crippen LogP contribution >= 0.6 is 0 Å². The summed E-state index contributed by atoms with van der Waals surface area (Å²) in [4.78, 5) is 2.38. The average molecular weight is 404 g/mol. The SMILES string of the molecule is CCOc1ccc(C2NNC3c4cc(F)ccc4N(Cc4ccccc4)CC23)cc1. The Labute approximate surface area is 176 Å². The maximum Gasteiger partial charge on any atom is 0.123 e. The van der Waals surface area contributed by atoms with Gasteiger partial charge in [-0.15, -0.1) is 0 Å². The number of nitrogens with zero attached hydrogens (tertiary/aromatic N) is 1. The van der Waals surface area contributed by atoms with Crippen LogP contribution in [0.5, 0.6) is 5.75 Å². The quantitative estimate of drug-likeness (QED) is 0.645. The molecular formula is C25H26FN3O. The lowest BCUT2D eigenvalue weighted by atomic mass is 9.82. The summed E-state index contributed by atoms with van der Waals surface area (Å²) < 4.78 is 19.7. The molecule has 0 amide bonds. The zero-order valence-corrected chi connectivity index (χ0v) is 17.0. The summed E-state index contributed by atoms with van der Waals surface area (Å²) >= 11 is 0. The zero-order valence-electron chi connectivity index (χ0n) is 17.0. The molecule has 1 saturated heterocycles. The van der Waals surface area contributed by atoms with Crippen molar-refractivity contribution in [2.75, 3.05) is 18.1 Å². The second-order valence-corrected chi connectivity index (χ2v) is 7.98. The van der Waals surface area contributed by atoms with Gasteiger partial charge in [-0.05, 0) is 53.9 Å². The van der Waals surface area contributed by atoms with Crippen molar-refractivity contribution in [2.45, 2.75) is 25.6 Å². The molecule has 1 fully saturated rings. The number of halogens is 1. The normalized spacial score (nSPS) is 22.5. The Morgan fingerprint density at radius 1 is 0.967 bits per heavy atom. The second kappa shape index (κ2) is 8.09. The lowest BCUT2D eigenvalue weighted by molar-refractivity contribution is 0.339. The van der Waals surface area contributed by atoms with Gasteiger partial charge in [0.25, 0.3) is 0 Å². The molecule has 2 aliphatic heterocycles. The Morgan fingerprint density at radius 2 is 1.73 bits per heavy atom. The lowest BCUT2D eigenvalue weighted by Crippen LogP contribution is -2.39. The smallest absolute Gasteiger partial charge is 0.123 e. The summed E-state index contributed by atoms with van der Waals surface area (Å²) in [7, 11) is 0. The maximum atomic E-state index is 14.2. The predicted molar refractivity (Wildman–Crippen MR) is 117 cm³/mol. The van der Waals surface area contributed by atoms with Crippen molar-refractivity contribution in [3.63, 3.8) is 0 Å². The van der Waals surface area contributed by atoms with E-state index in [9.17, 15) is 4.39 Å². The van der Waals surface area contributed by atoms with Gasteiger partial charge < -0.3 is 9.64 Å². The molecule has 4 nitrogen and oxygen atoms in total. The molecule has 0 radical (unpaired) electrons. The number of fused-ring (bicyclic) bond motifs is 3. The molecule has 3 aromatic carbocycles. The van der Waals surface area contributed by atoms with Crippen LogP contribution in [0.2, 0.25) is 0 Å². The average Bonchev–Trinajstić information content (AvgIpc) is 3.19. The minimum Gasteiger partial charge on any atom is -0.494 e. The number of hydrazine groups is 1. The molecule has 0 aromatic heterocycles. The summed E-state index contributed by atoms with van der Waals surface area (Å²) in [5.41, 5.74) is 11.5. The van der Waals surface area contributed by atoms with Crippen LogP contribution in [0.3, 0.4) is 0 Å². The molecule has 2 aliphatic rings. The van der Waals surface area contributed by atoms with Gasteiger partial charge in [-0.25, -0.2) is 15.2 Å². The van der Waals surface area contributed by atoms with Crippen LogP contribution in [-0.2, 0) is 6.54 Å². The molecule has 0 spiro atoms. The van der Waals surface area contributed by atoms with Crippen molar-refractivity contribution in [1.29, 1.82) is 0 Å². The first-order chi connectivity index (χ1) is 14.7. The van der Waals surface area contributed by atoms with E-state index in [1.165, 1.54) is 11.1 Å². The van der Waals surface area contributed by atoms with Gasteiger partial charge in [-0.3, -0.25) is 0 Å². The van der Waals surface area contributed by atoms with E-state index < -0.39 is 0 Å². The largest absolute Gasteiger partial charge is 0.494 e. The molecule has 154 valence electrons. The van der Waals surface area contributed by atoms with E-state index in [1.807, 2.05) is 31.2 Å². The van der Waals surface area contributed by atoms with Gasteiger partial charge in [-0.2, -0.15) is 0 Å². The summed E-state index contributed by atoms with van der Waals surface area (Å²) in [6.07, 6.45) is 0. The summed E-state index contributed by atoms with van der Waals surface area (Å²) in [6, 6.07) is 24.1. The van der Waals surface area contributed by atoms with Gasteiger partial charge in [0, 0.05) is 24.7 Å². The van der Waals surface area contributed by atoms with Crippen LogP contribution in [0.25, 0.3) is 0 Å². The number of hydrogen-bond acceptors (Lipinski definition) is 4. The van der Waals surface area contributed by atoms with E-state index in [4.69, 9.17) is 4.74 Å². The lowest BCUT2D eigenvalue weighted by Gasteiger charge is -2.39. The third-order valence-corrected chi connectivity index (χ3v) is 6.11. The fraction of sp³-hybridized carbons (Fsp3) is 0.280. The van der Waals surface area contributed by atoms with E-state index in [0.29, 0.717) is 6.61 Å². The zero-order chi connectivity index (χ0) is 20.5. The number of hydrogen-bond donors (Lipinski definition) is 2. The van der Waals surface area contributed by atoms with Crippen molar-refractivity contribution >= 4 is 5.69 Å². The van der Waals surface area contributed by atoms with Crippen LogP contribution < -0.4 is 20.5 Å². The van der Waals surface area contributed by atoms with Crippen LogP contribution in [0.15, 0.2) is 72.8 Å². The molecule has 5 heteroatoms. The third-order valence-electron chi connectivity index (χ3n) is 6.11. The highest BCUT2D eigenvalue weighted by Gasteiger charge is 2.43. The van der Waals surface area contributed by atoms with Crippen molar-refractivity contribution in [1.82, 2.24) is 10.9 Å². The molecule has 2 N–H and O–H groups in total. The Balaban J connectivity index is 1.47. The van der Waals surface area contributed by atoms with Gasteiger partial charge in [0.2, 0.25) is 0 Å². The number of anilines is 1. The molecule has 3 atom stereocenters. The Bertz CT molecular complexity index is 1010. The molecule has 0 bridgehead atoms. The van der Waals surface area contributed by atoms with Crippen LogP contribution in [0.4, 0.5) is 10.1 Å². The first kappa shape index (κ1) is 19.1. The molecule has 2 heterocycles. The molecule has 3 aromatic rings. The first-order valence-corrected chi connectivity index (χ1v) is 10.5. The molecule has 3 unspecified atom stereocenters. The molecule has 0 aliphatic carbocycles. The molecule has 0 saturated carbocycles. The monoisotopic (exact) mass is 403 g/mol. The number of ether oxygens (including phenoxy) is 1. The van der Waals surface area contributed by atoms with Gasteiger partial charge in [0.05, 0.1) is 18.7 Å². The summed E-state index contributed by atoms with van der Waals surface area (Å²) in [6.45, 7) is 4.33. The minimum absolute atomic E-state index is 0.0688. The van der Waals surface area contributed by atoms with E-state index in [-0.39, 0.29) is 23.8 Å². The van der Waals surface area contributed by atoms with E-state index in [0.717, 1.165) is 30.1 Å².